The molecular formula is C16H23N3. The van der Waals surface area contributed by atoms with Crippen molar-refractivity contribution >= 4 is 0 Å². The van der Waals surface area contributed by atoms with E-state index in [1.807, 2.05) is 18.2 Å². The average molecular weight is 257 g/mol. The van der Waals surface area contributed by atoms with E-state index >= 15 is 0 Å². The molecule has 3 nitrogen and oxygen atoms in total. The summed E-state index contributed by atoms with van der Waals surface area (Å²) in [5, 5.41) is 12.5. The average Bonchev–Trinajstić information content (AvgIpc) is 2.48. The number of hydrogen-bond acceptors (Lipinski definition) is 3. The van der Waals surface area contributed by atoms with Crippen LogP contribution in [0.4, 0.5) is 0 Å². The van der Waals surface area contributed by atoms with E-state index in [2.05, 4.69) is 29.3 Å². The van der Waals surface area contributed by atoms with Gasteiger partial charge in [-0.2, -0.15) is 5.26 Å². The summed E-state index contributed by atoms with van der Waals surface area (Å²) in [4.78, 5) is 2.56. The van der Waals surface area contributed by atoms with Gasteiger partial charge in [-0.15, -0.1) is 0 Å². The Morgan fingerprint density at radius 2 is 2.37 bits per heavy atom. The van der Waals surface area contributed by atoms with E-state index in [4.69, 9.17) is 5.26 Å². The minimum absolute atomic E-state index is 0.638. The molecule has 1 fully saturated rings. The maximum absolute atomic E-state index is 8.97. The molecule has 1 atom stereocenters. The van der Waals surface area contributed by atoms with Gasteiger partial charge in [0.25, 0.3) is 0 Å². The largest absolute Gasteiger partial charge is 0.315 e. The lowest BCUT2D eigenvalue weighted by atomic mass is 10.0. The van der Waals surface area contributed by atoms with Crippen LogP contribution in [-0.2, 0) is 6.54 Å². The van der Waals surface area contributed by atoms with Crippen molar-refractivity contribution in [1.29, 1.82) is 5.26 Å². The molecule has 0 aliphatic carbocycles. The molecule has 0 saturated carbocycles. The van der Waals surface area contributed by atoms with Crippen LogP contribution in [0, 0.1) is 11.3 Å². The molecule has 2 rings (SSSR count). The van der Waals surface area contributed by atoms with Crippen molar-refractivity contribution in [2.75, 3.05) is 19.6 Å². The van der Waals surface area contributed by atoms with E-state index < -0.39 is 0 Å². The number of nitriles is 1. The van der Waals surface area contributed by atoms with Crippen LogP contribution in [0.15, 0.2) is 24.3 Å². The molecule has 1 heterocycles. The van der Waals surface area contributed by atoms with Crippen molar-refractivity contribution in [3.63, 3.8) is 0 Å². The molecular weight excluding hydrogens is 234 g/mol. The molecule has 0 radical (unpaired) electrons. The van der Waals surface area contributed by atoms with Gasteiger partial charge in [-0.3, -0.25) is 4.90 Å². The van der Waals surface area contributed by atoms with E-state index in [0.29, 0.717) is 6.04 Å². The van der Waals surface area contributed by atoms with Gasteiger partial charge in [-0.1, -0.05) is 19.1 Å². The highest BCUT2D eigenvalue weighted by Gasteiger charge is 2.20. The Morgan fingerprint density at radius 3 is 3.05 bits per heavy atom. The van der Waals surface area contributed by atoms with E-state index in [0.717, 1.165) is 31.7 Å². The van der Waals surface area contributed by atoms with E-state index in [9.17, 15) is 0 Å². The summed E-state index contributed by atoms with van der Waals surface area (Å²) >= 11 is 0. The quantitative estimate of drug-likeness (QED) is 0.881. The van der Waals surface area contributed by atoms with Gasteiger partial charge < -0.3 is 5.32 Å². The van der Waals surface area contributed by atoms with Gasteiger partial charge in [-0.05, 0) is 50.0 Å². The second kappa shape index (κ2) is 7.28. The molecule has 19 heavy (non-hydrogen) atoms. The molecule has 1 aromatic rings. The zero-order chi connectivity index (χ0) is 13.5. The normalized spacial score (nSPS) is 19.3. The number of piperidine rings is 1. The monoisotopic (exact) mass is 257 g/mol. The van der Waals surface area contributed by atoms with Crippen molar-refractivity contribution in [3.05, 3.63) is 35.4 Å². The summed E-state index contributed by atoms with van der Waals surface area (Å²) in [6.45, 7) is 6.56. The van der Waals surface area contributed by atoms with Crippen molar-refractivity contribution < 1.29 is 0 Å². The molecule has 102 valence electrons. The van der Waals surface area contributed by atoms with Crippen LogP contribution < -0.4 is 5.32 Å². The highest BCUT2D eigenvalue weighted by Crippen LogP contribution is 2.15. The van der Waals surface area contributed by atoms with Gasteiger partial charge in [0.1, 0.15) is 0 Å². The van der Waals surface area contributed by atoms with Gasteiger partial charge in [0.15, 0.2) is 0 Å². The van der Waals surface area contributed by atoms with Crippen LogP contribution in [0.25, 0.3) is 0 Å². The van der Waals surface area contributed by atoms with Crippen LogP contribution in [0.5, 0.6) is 0 Å². The molecule has 0 spiro atoms. The van der Waals surface area contributed by atoms with Crippen LogP contribution in [-0.4, -0.2) is 30.6 Å². The van der Waals surface area contributed by atoms with Gasteiger partial charge in [-0.25, -0.2) is 0 Å². The summed E-state index contributed by atoms with van der Waals surface area (Å²) < 4.78 is 0. The topological polar surface area (TPSA) is 39.1 Å². The van der Waals surface area contributed by atoms with Crippen LogP contribution in [0.2, 0.25) is 0 Å². The summed E-state index contributed by atoms with van der Waals surface area (Å²) in [6, 6.07) is 10.9. The lowest BCUT2D eigenvalue weighted by Gasteiger charge is -2.34. The predicted octanol–water partition coefficient (Wildman–Crippen LogP) is 2.52. The van der Waals surface area contributed by atoms with Crippen LogP contribution >= 0.6 is 0 Å². The molecule has 0 bridgehead atoms. The lowest BCUT2D eigenvalue weighted by molar-refractivity contribution is 0.158. The standard InChI is InChI=1S/C16H23N3/c1-2-9-19(16-7-4-8-18-12-16)13-15-6-3-5-14(10-15)11-17/h3,5-6,10,16,18H,2,4,7-9,12-13H2,1H3. The van der Waals surface area contributed by atoms with E-state index in [1.54, 1.807) is 0 Å². The van der Waals surface area contributed by atoms with Gasteiger partial charge >= 0.3 is 0 Å². The molecule has 3 heteroatoms. The summed E-state index contributed by atoms with van der Waals surface area (Å²) in [7, 11) is 0. The first-order valence-electron chi connectivity index (χ1n) is 7.27. The third kappa shape index (κ3) is 4.05. The van der Waals surface area contributed by atoms with Gasteiger partial charge in [0.2, 0.25) is 0 Å². The van der Waals surface area contributed by atoms with E-state index in [-0.39, 0.29) is 0 Å². The summed E-state index contributed by atoms with van der Waals surface area (Å²) in [5.74, 6) is 0. The zero-order valence-corrected chi connectivity index (χ0v) is 11.7. The van der Waals surface area contributed by atoms with Crippen molar-refractivity contribution in [2.45, 2.75) is 38.8 Å². The first-order chi connectivity index (χ1) is 9.33. The number of rotatable bonds is 5. The fraction of sp³-hybridized carbons (Fsp3) is 0.562. The molecule has 1 saturated heterocycles. The Balaban J connectivity index is 2.04. The second-order valence-electron chi connectivity index (χ2n) is 5.28. The van der Waals surface area contributed by atoms with Crippen molar-refractivity contribution in [1.82, 2.24) is 10.2 Å². The Bertz CT molecular complexity index is 430. The van der Waals surface area contributed by atoms with Crippen LogP contribution in [0.3, 0.4) is 0 Å². The molecule has 1 aromatic carbocycles. The van der Waals surface area contributed by atoms with Crippen molar-refractivity contribution in [3.8, 4) is 6.07 Å². The minimum Gasteiger partial charge on any atom is -0.315 e. The minimum atomic E-state index is 0.638. The smallest absolute Gasteiger partial charge is 0.0991 e. The third-order valence-electron chi connectivity index (χ3n) is 3.74. The fourth-order valence-electron chi connectivity index (χ4n) is 2.80. The Hall–Kier alpha value is -1.37. The summed E-state index contributed by atoms with van der Waals surface area (Å²) in [6.07, 6.45) is 3.72. The first-order valence-corrected chi connectivity index (χ1v) is 7.27. The Morgan fingerprint density at radius 1 is 1.47 bits per heavy atom. The Kier molecular flexibility index (Phi) is 5.38. The number of nitrogens with one attached hydrogen (secondary N) is 1. The summed E-state index contributed by atoms with van der Waals surface area (Å²) in [5.41, 5.74) is 2.01. The predicted molar refractivity (Wildman–Crippen MR) is 77.7 cm³/mol. The number of benzene rings is 1. The maximum atomic E-state index is 8.97. The Labute approximate surface area is 116 Å². The highest BCUT2D eigenvalue weighted by atomic mass is 15.2. The molecule has 1 unspecified atom stereocenters. The zero-order valence-electron chi connectivity index (χ0n) is 11.7. The van der Waals surface area contributed by atoms with E-state index in [1.165, 1.54) is 24.8 Å². The fourth-order valence-corrected chi connectivity index (χ4v) is 2.80. The molecule has 0 amide bonds. The van der Waals surface area contributed by atoms with Crippen molar-refractivity contribution in [2.24, 2.45) is 0 Å². The number of hydrogen-bond donors (Lipinski definition) is 1. The maximum Gasteiger partial charge on any atom is 0.0991 e. The molecule has 1 aliphatic heterocycles. The van der Waals surface area contributed by atoms with Crippen LogP contribution in [0.1, 0.15) is 37.3 Å². The molecule has 1 aliphatic rings. The highest BCUT2D eigenvalue weighted by molar-refractivity contribution is 5.32. The lowest BCUT2D eigenvalue weighted by Crippen LogP contribution is -2.45. The molecule has 1 N–H and O–H groups in total. The second-order valence-corrected chi connectivity index (χ2v) is 5.28. The van der Waals surface area contributed by atoms with Gasteiger partial charge in [0, 0.05) is 19.1 Å². The third-order valence-corrected chi connectivity index (χ3v) is 3.74. The van der Waals surface area contributed by atoms with Gasteiger partial charge in [0.05, 0.1) is 11.6 Å². The first kappa shape index (κ1) is 14.0. The molecule has 0 aromatic heterocycles. The SMILES string of the molecule is CCCN(Cc1cccc(C#N)c1)C1CCCNC1. The number of nitrogens with zero attached hydrogens (tertiary/aromatic N) is 2.